The van der Waals surface area contributed by atoms with Gasteiger partial charge in [0, 0.05) is 35.4 Å². The number of nitro groups is 1. The van der Waals surface area contributed by atoms with E-state index in [9.17, 15) is 14.9 Å². The summed E-state index contributed by atoms with van der Waals surface area (Å²) in [5, 5.41) is 15.8. The van der Waals surface area contributed by atoms with Gasteiger partial charge >= 0.3 is 0 Å². The lowest BCUT2D eigenvalue weighted by Gasteiger charge is -2.11. The number of aromatic nitrogens is 3. The van der Waals surface area contributed by atoms with Crippen LogP contribution in [0.25, 0.3) is 27.6 Å². The number of nitrogens with one attached hydrogen (secondary N) is 1. The van der Waals surface area contributed by atoms with Crippen molar-refractivity contribution in [2.45, 2.75) is 17.3 Å². The van der Waals surface area contributed by atoms with Crippen molar-refractivity contribution in [2.24, 2.45) is 0 Å². The third kappa shape index (κ3) is 5.67. The van der Waals surface area contributed by atoms with Crippen LogP contribution in [0.4, 0.5) is 5.69 Å². The number of amides is 1. The second-order valence-electron chi connectivity index (χ2n) is 9.80. The number of nitrogens with zero attached hydrogens (tertiary/aromatic N) is 4. The molecule has 0 aliphatic carbocycles. The summed E-state index contributed by atoms with van der Waals surface area (Å²) in [6.07, 6.45) is 0.623. The van der Waals surface area contributed by atoms with Crippen molar-refractivity contribution in [3.63, 3.8) is 0 Å². The largest absolute Gasteiger partial charge is 0.493 e. The summed E-state index contributed by atoms with van der Waals surface area (Å²) in [4.78, 5) is 33.8. The first-order valence-corrected chi connectivity index (χ1v) is 14.5. The Morgan fingerprint density at radius 2 is 1.74 bits per heavy atom. The molecule has 0 aliphatic rings. The Morgan fingerprint density at radius 3 is 2.56 bits per heavy atom. The standard InChI is InChI=1S/C32H27N5O5S/c1-41-28-13-10-20(17-29(28)42-2)14-15-33-31(38)22-11-12-24-26(18-22)35-32(36-27-9-4-3-8-25(27)34-30(24)36)43-19-21-6-5-7-23(16-21)37(39)40/h3-13,16-18H,14-15,19H2,1-2H3,(H,33,38). The summed E-state index contributed by atoms with van der Waals surface area (Å²) >= 11 is 1.46. The van der Waals surface area contributed by atoms with Gasteiger partial charge < -0.3 is 14.8 Å². The maximum absolute atomic E-state index is 13.1. The summed E-state index contributed by atoms with van der Waals surface area (Å²) in [5.74, 6) is 1.56. The monoisotopic (exact) mass is 593 g/mol. The predicted molar refractivity (Wildman–Crippen MR) is 166 cm³/mol. The molecule has 6 aromatic rings. The van der Waals surface area contributed by atoms with E-state index in [-0.39, 0.29) is 11.6 Å². The van der Waals surface area contributed by atoms with E-state index in [1.807, 2.05) is 59.0 Å². The average molecular weight is 594 g/mol. The third-order valence-electron chi connectivity index (χ3n) is 7.11. The Morgan fingerprint density at radius 1 is 0.907 bits per heavy atom. The van der Waals surface area contributed by atoms with Crippen LogP contribution >= 0.6 is 11.8 Å². The lowest BCUT2D eigenvalue weighted by Crippen LogP contribution is -2.25. The smallest absolute Gasteiger partial charge is 0.269 e. The van der Waals surface area contributed by atoms with Crippen molar-refractivity contribution in [1.82, 2.24) is 19.7 Å². The molecular weight excluding hydrogens is 566 g/mol. The molecule has 4 aromatic carbocycles. The van der Waals surface area contributed by atoms with Gasteiger partial charge in [-0.15, -0.1) is 0 Å². The molecule has 216 valence electrons. The number of thioether (sulfide) groups is 1. The molecule has 0 saturated heterocycles. The van der Waals surface area contributed by atoms with E-state index in [0.29, 0.717) is 46.5 Å². The van der Waals surface area contributed by atoms with Gasteiger partial charge in [0.2, 0.25) is 0 Å². The van der Waals surface area contributed by atoms with Gasteiger partial charge in [-0.1, -0.05) is 42.1 Å². The zero-order valence-electron chi connectivity index (χ0n) is 23.4. The molecule has 11 heteroatoms. The molecule has 10 nitrogen and oxygen atoms in total. The molecule has 2 heterocycles. The summed E-state index contributed by atoms with van der Waals surface area (Å²) in [7, 11) is 3.18. The number of fused-ring (bicyclic) bond motifs is 5. The highest BCUT2D eigenvalue weighted by Gasteiger charge is 2.17. The van der Waals surface area contributed by atoms with E-state index in [1.165, 1.54) is 17.8 Å². The van der Waals surface area contributed by atoms with Crippen LogP contribution in [0, 0.1) is 10.1 Å². The fraction of sp³-hybridized carbons (Fsp3) is 0.156. The van der Waals surface area contributed by atoms with Gasteiger partial charge in [0.05, 0.1) is 35.7 Å². The number of imidazole rings is 1. The number of rotatable bonds is 10. The summed E-state index contributed by atoms with van der Waals surface area (Å²) in [6, 6.07) is 25.5. The molecule has 6 rings (SSSR count). The zero-order valence-corrected chi connectivity index (χ0v) is 24.3. The zero-order chi connectivity index (χ0) is 29.9. The number of carbonyl (C=O) groups is 1. The summed E-state index contributed by atoms with van der Waals surface area (Å²) in [6.45, 7) is 0.439. The molecule has 0 fully saturated rings. The number of hydrogen-bond donors (Lipinski definition) is 1. The highest BCUT2D eigenvalue weighted by atomic mass is 32.2. The SMILES string of the molecule is COc1ccc(CCNC(=O)c2ccc3c(c2)nc(SCc2cccc([N+](=O)[O-])c2)n2c4ccccc4nc32)cc1OC. The van der Waals surface area contributed by atoms with E-state index in [2.05, 4.69) is 5.32 Å². The van der Waals surface area contributed by atoms with Crippen LogP contribution in [-0.4, -0.2) is 46.0 Å². The number of ether oxygens (including phenoxy) is 2. The van der Waals surface area contributed by atoms with Gasteiger partial charge in [-0.25, -0.2) is 9.97 Å². The Balaban J connectivity index is 1.28. The second kappa shape index (κ2) is 12.0. The first kappa shape index (κ1) is 28.0. The molecular formula is C32H27N5O5S. The molecule has 0 aliphatic heterocycles. The maximum atomic E-state index is 13.1. The molecule has 0 saturated carbocycles. The number of hydrogen-bond acceptors (Lipinski definition) is 8. The first-order chi connectivity index (χ1) is 20.9. The van der Waals surface area contributed by atoms with Gasteiger partial charge in [0.1, 0.15) is 5.65 Å². The Hall–Kier alpha value is -5.16. The molecule has 0 atom stereocenters. The highest BCUT2D eigenvalue weighted by molar-refractivity contribution is 7.98. The maximum Gasteiger partial charge on any atom is 0.269 e. The quantitative estimate of drug-likeness (QED) is 0.0859. The number of methoxy groups -OCH3 is 2. The van der Waals surface area contributed by atoms with Crippen molar-refractivity contribution in [3.8, 4) is 11.5 Å². The van der Waals surface area contributed by atoms with E-state index in [0.717, 1.165) is 33.2 Å². The average Bonchev–Trinajstić information content (AvgIpc) is 3.43. The molecule has 1 N–H and O–H groups in total. The lowest BCUT2D eigenvalue weighted by atomic mass is 10.1. The van der Waals surface area contributed by atoms with E-state index in [4.69, 9.17) is 19.4 Å². The van der Waals surface area contributed by atoms with Crippen molar-refractivity contribution < 1.29 is 19.2 Å². The fourth-order valence-corrected chi connectivity index (χ4v) is 5.92. The number of carbonyl (C=O) groups excluding carboxylic acids is 1. The minimum absolute atomic E-state index is 0.0459. The van der Waals surface area contributed by atoms with Crippen LogP contribution in [0.5, 0.6) is 11.5 Å². The minimum atomic E-state index is -0.398. The van der Waals surface area contributed by atoms with Crippen LogP contribution < -0.4 is 14.8 Å². The normalized spacial score (nSPS) is 11.2. The number of non-ortho nitro benzene ring substituents is 1. The number of benzene rings is 4. The van der Waals surface area contributed by atoms with Crippen LogP contribution in [0.3, 0.4) is 0 Å². The number of nitro benzene ring substituents is 1. The molecule has 43 heavy (non-hydrogen) atoms. The van der Waals surface area contributed by atoms with Gasteiger partial charge in [0.15, 0.2) is 16.7 Å². The lowest BCUT2D eigenvalue weighted by molar-refractivity contribution is -0.384. The van der Waals surface area contributed by atoms with Gasteiger partial charge in [-0.3, -0.25) is 19.3 Å². The van der Waals surface area contributed by atoms with Gasteiger partial charge in [0.25, 0.3) is 11.6 Å². The van der Waals surface area contributed by atoms with Crippen LogP contribution in [0.1, 0.15) is 21.5 Å². The summed E-state index contributed by atoms with van der Waals surface area (Å²) < 4.78 is 12.7. The Bertz CT molecular complexity index is 2010. The van der Waals surface area contributed by atoms with Crippen molar-refractivity contribution in [3.05, 3.63) is 112 Å². The van der Waals surface area contributed by atoms with Crippen LogP contribution in [0.2, 0.25) is 0 Å². The molecule has 2 aromatic heterocycles. The Kier molecular flexibility index (Phi) is 7.80. The van der Waals surface area contributed by atoms with Crippen molar-refractivity contribution in [2.75, 3.05) is 20.8 Å². The van der Waals surface area contributed by atoms with Crippen molar-refractivity contribution >= 4 is 50.9 Å². The molecule has 0 spiro atoms. The van der Waals surface area contributed by atoms with E-state index in [1.54, 1.807) is 38.5 Å². The molecule has 0 bridgehead atoms. The van der Waals surface area contributed by atoms with Crippen LogP contribution in [-0.2, 0) is 12.2 Å². The third-order valence-corrected chi connectivity index (χ3v) is 8.12. The fourth-order valence-electron chi connectivity index (χ4n) is 4.97. The van der Waals surface area contributed by atoms with Gasteiger partial charge in [-0.2, -0.15) is 0 Å². The van der Waals surface area contributed by atoms with E-state index < -0.39 is 4.92 Å². The predicted octanol–water partition coefficient (Wildman–Crippen LogP) is 6.23. The molecule has 0 unspecified atom stereocenters. The highest BCUT2D eigenvalue weighted by Crippen LogP contribution is 2.32. The second-order valence-corrected chi connectivity index (χ2v) is 10.7. The van der Waals surface area contributed by atoms with E-state index >= 15 is 0 Å². The topological polar surface area (TPSA) is 121 Å². The summed E-state index contributed by atoms with van der Waals surface area (Å²) in [5.41, 5.74) is 5.45. The molecule has 0 radical (unpaired) electrons. The minimum Gasteiger partial charge on any atom is -0.493 e. The van der Waals surface area contributed by atoms with Crippen LogP contribution in [0.15, 0.2) is 90.1 Å². The molecule has 1 amide bonds. The first-order valence-electron chi connectivity index (χ1n) is 13.5. The van der Waals surface area contributed by atoms with Gasteiger partial charge in [-0.05, 0) is 60.0 Å². The van der Waals surface area contributed by atoms with Crippen molar-refractivity contribution in [1.29, 1.82) is 0 Å². The number of para-hydroxylation sites is 2. The Labute approximate surface area is 250 Å².